The SMILES string of the molecule is CCc1ccc(C(Cl)c2ccc(C)cc2)cc1. The zero-order chi connectivity index (χ0) is 12.3. The van der Waals surface area contributed by atoms with Crippen LogP contribution in [0.25, 0.3) is 0 Å². The fourth-order valence-corrected chi connectivity index (χ4v) is 2.14. The van der Waals surface area contributed by atoms with Gasteiger partial charge in [0.2, 0.25) is 0 Å². The van der Waals surface area contributed by atoms with Crippen LogP contribution in [0.5, 0.6) is 0 Å². The normalized spacial score (nSPS) is 12.4. The van der Waals surface area contributed by atoms with Crippen molar-refractivity contribution in [3.05, 3.63) is 70.8 Å². The van der Waals surface area contributed by atoms with Gasteiger partial charge in [0.15, 0.2) is 0 Å². The summed E-state index contributed by atoms with van der Waals surface area (Å²) in [6.07, 6.45) is 1.07. The zero-order valence-corrected chi connectivity index (χ0v) is 11.0. The highest BCUT2D eigenvalue weighted by Gasteiger charge is 2.09. The van der Waals surface area contributed by atoms with Gasteiger partial charge in [-0.2, -0.15) is 0 Å². The first-order valence-corrected chi connectivity index (χ1v) is 6.44. The molecule has 0 nitrogen and oxygen atoms in total. The second kappa shape index (κ2) is 5.37. The van der Waals surface area contributed by atoms with Crippen LogP contribution in [0.15, 0.2) is 48.5 Å². The minimum atomic E-state index is -0.0542. The van der Waals surface area contributed by atoms with Gasteiger partial charge in [0.05, 0.1) is 5.38 Å². The van der Waals surface area contributed by atoms with Crippen LogP contribution in [0.2, 0.25) is 0 Å². The van der Waals surface area contributed by atoms with Crippen LogP contribution in [0.4, 0.5) is 0 Å². The minimum Gasteiger partial charge on any atom is -0.113 e. The Kier molecular flexibility index (Phi) is 3.86. The summed E-state index contributed by atoms with van der Waals surface area (Å²) in [6.45, 7) is 4.25. The summed E-state index contributed by atoms with van der Waals surface area (Å²) in [5.74, 6) is 0. The van der Waals surface area contributed by atoms with E-state index in [2.05, 4.69) is 62.4 Å². The summed E-state index contributed by atoms with van der Waals surface area (Å²) >= 11 is 6.48. The maximum absolute atomic E-state index is 6.48. The Morgan fingerprint density at radius 1 is 0.882 bits per heavy atom. The third kappa shape index (κ3) is 2.89. The quantitative estimate of drug-likeness (QED) is 0.675. The van der Waals surface area contributed by atoms with Crippen molar-refractivity contribution in [2.45, 2.75) is 25.6 Å². The first-order chi connectivity index (χ1) is 8.20. The van der Waals surface area contributed by atoms with Crippen LogP contribution in [-0.2, 0) is 6.42 Å². The summed E-state index contributed by atoms with van der Waals surface area (Å²) in [5.41, 5.74) is 4.93. The Morgan fingerprint density at radius 3 is 1.82 bits per heavy atom. The lowest BCUT2D eigenvalue weighted by Gasteiger charge is -2.11. The van der Waals surface area contributed by atoms with E-state index in [9.17, 15) is 0 Å². The average Bonchev–Trinajstić information content (AvgIpc) is 2.39. The number of aryl methyl sites for hydroxylation is 2. The standard InChI is InChI=1S/C16H17Cl/c1-3-13-6-10-15(11-7-13)16(17)14-8-4-12(2)5-9-14/h4-11,16H,3H2,1-2H3. The number of hydrogen-bond donors (Lipinski definition) is 0. The van der Waals surface area contributed by atoms with Crippen LogP contribution in [-0.4, -0.2) is 0 Å². The minimum absolute atomic E-state index is 0.0542. The molecule has 0 heterocycles. The van der Waals surface area contributed by atoms with E-state index in [1.807, 2.05) is 0 Å². The van der Waals surface area contributed by atoms with E-state index in [4.69, 9.17) is 11.6 Å². The molecule has 0 aliphatic rings. The van der Waals surface area contributed by atoms with Crippen molar-refractivity contribution >= 4 is 11.6 Å². The second-order valence-corrected chi connectivity index (χ2v) is 4.80. The highest BCUT2D eigenvalue weighted by Crippen LogP contribution is 2.28. The van der Waals surface area contributed by atoms with Crippen LogP contribution >= 0.6 is 11.6 Å². The van der Waals surface area contributed by atoms with Crippen LogP contribution in [0.1, 0.15) is 34.6 Å². The monoisotopic (exact) mass is 244 g/mol. The van der Waals surface area contributed by atoms with E-state index in [0.717, 1.165) is 17.5 Å². The van der Waals surface area contributed by atoms with Gasteiger partial charge in [0, 0.05) is 0 Å². The molecule has 1 atom stereocenters. The van der Waals surface area contributed by atoms with E-state index in [1.165, 1.54) is 11.1 Å². The molecule has 0 aliphatic carbocycles. The number of hydrogen-bond acceptors (Lipinski definition) is 0. The van der Waals surface area contributed by atoms with Crippen molar-refractivity contribution in [2.24, 2.45) is 0 Å². The molecule has 2 aromatic rings. The molecule has 0 aromatic heterocycles. The summed E-state index contributed by atoms with van der Waals surface area (Å²) in [4.78, 5) is 0. The van der Waals surface area contributed by atoms with Crippen molar-refractivity contribution in [3.63, 3.8) is 0 Å². The summed E-state index contributed by atoms with van der Waals surface area (Å²) in [6, 6.07) is 16.9. The Hall–Kier alpha value is -1.27. The molecule has 17 heavy (non-hydrogen) atoms. The molecule has 88 valence electrons. The molecule has 0 N–H and O–H groups in total. The highest BCUT2D eigenvalue weighted by molar-refractivity contribution is 6.22. The Balaban J connectivity index is 2.23. The van der Waals surface area contributed by atoms with E-state index in [1.54, 1.807) is 0 Å². The van der Waals surface area contributed by atoms with Gasteiger partial charge >= 0.3 is 0 Å². The summed E-state index contributed by atoms with van der Waals surface area (Å²) in [7, 11) is 0. The first kappa shape index (κ1) is 12.2. The van der Waals surface area contributed by atoms with Crippen molar-refractivity contribution in [1.29, 1.82) is 0 Å². The van der Waals surface area contributed by atoms with Crippen molar-refractivity contribution in [3.8, 4) is 0 Å². The molecular weight excluding hydrogens is 228 g/mol. The average molecular weight is 245 g/mol. The van der Waals surface area contributed by atoms with Crippen molar-refractivity contribution < 1.29 is 0 Å². The predicted octanol–water partition coefficient (Wildman–Crippen LogP) is 4.89. The fraction of sp³-hybridized carbons (Fsp3) is 0.250. The number of rotatable bonds is 3. The lowest BCUT2D eigenvalue weighted by molar-refractivity contribution is 1.10. The molecule has 0 radical (unpaired) electrons. The van der Waals surface area contributed by atoms with Crippen molar-refractivity contribution in [2.75, 3.05) is 0 Å². The number of alkyl halides is 1. The molecule has 1 unspecified atom stereocenters. The molecule has 0 amide bonds. The molecule has 2 rings (SSSR count). The highest BCUT2D eigenvalue weighted by atomic mass is 35.5. The van der Waals surface area contributed by atoms with Gasteiger partial charge < -0.3 is 0 Å². The molecule has 0 saturated heterocycles. The van der Waals surface area contributed by atoms with E-state index >= 15 is 0 Å². The molecular formula is C16H17Cl. The Morgan fingerprint density at radius 2 is 1.35 bits per heavy atom. The fourth-order valence-electron chi connectivity index (χ4n) is 1.85. The van der Waals surface area contributed by atoms with Gasteiger partial charge in [-0.25, -0.2) is 0 Å². The van der Waals surface area contributed by atoms with Crippen LogP contribution in [0, 0.1) is 6.92 Å². The van der Waals surface area contributed by atoms with Crippen LogP contribution < -0.4 is 0 Å². The maximum Gasteiger partial charge on any atom is 0.0835 e. The summed E-state index contributed by atoms with van der Waals surface area (Å²) in [5, 5.41) is -0.0542. The molecule has 1 heteroatoms. The lowest BCUT2D eigenvalue weighted by Crippen LogP contribution is -1.93. The summed E-state index contributed by atoms with van der Waals surface area (Å²) < 4.78 is 0. The predicted molar refractivity (Wildman–Crippen MR) is 74.7 cm³/mol. The van der Waals surface area contributed by atoms with Gasteiger partial charge in [-0.1, -0.05) is 61.0 Å². The smallest absolute Gasteiger partial charge is 0.0835 e. The van der Waals surface area contributed by atoms with Gasteiger partial charge in [-0.05, 0) is 30.0 Å². The topological polar surface area (TPSA) is 0 Å². The second-order valence-electron chi connectivity index (χ2n) is 4.37. The molecule has 2 aromatic carbocycles. The Labute approximate surface area is 108 Å². The van der Waals surface area contributed by atoms with Crippen molar-refractivity contribution in [1.82, 2.24) is 0 Å². The van der Waals surface area contributed by atoms with Gasteiger partial charge in [0.1, 0.15) is 0 Å². The third-order valence-electron chi connectivity index (χ3n) is 3.05. The van der Waals surface area contributed by atoms with Crippen LogP contribution in [0.3, 0.4) is 0 Å². The van der Waals surface area contributed by atoms with Gasteiger partial charge in [0.25, 0.3) is 0 Å². The maximum atomic E-state index is 6.48. The van der Waals surface area contributed by atoms with E-state index < -0.39 is 0 Å². The lowest BCUT2D eigenvalue weighted by atomic mass is 10.0. The molecule has 0 spiro atoms. The largest absolute Gasteiger partial charge is 0.113 e. The zero-order valence-electron chi connectivity index (χ0n) is 10.3. The first-order valence-electron chi connectivity index (χ1n) is 6.00. The molecule has 0 saturated carbocycles. The number of halogens is 1. The third-order valence-corrected chi connectivity index (χ3v) is 3.55. The van der Waals surface area contributed by atoms with E-state index in [-0.39, 0.29) is 5.38 Å². The van der Waals surface area contributed by atoms with E-state index in [0.29, 0.717) is 0 Å². The molecule has 0 bridgehead atoms. The Bertz CT molecular complexity index is 468. The molecule has 0 aliphatic heterocycles. The van der Waals surface area contributed by atoms with Gasteiger partial charge in [-0.15, -0.1) is 11.6 Å². The van der Waals surface area contributed by atoms with Gasteiger partial charge in [-0.3, -0.25) is 0 Å². The molecule has 0 fully saturated rings. The number of benzene rings is 2.